The molecule has 1 aliphatic rings. The molecule has 1 aromatic rings. The summed E-state index contributed by atoms with van der Waals surface area (Å²) in [5.74, 6) is 0.389. The highest BCUT2D eigenvalue weighted by Gasteiger charge is 2.43. The minimum Gasteiger partial charge on any atom is -0.496 e. The molecule has 0 spiro atoms. The Kier molecular flexibility index (Phi) is 9.14. The second-order valence-corrected chi connectivity index (χ2v) is 5.97. The van der Waals surface area contributed by atoms with E-state index in [4.69, 9.17) is 9.47 Å². The van der Waals surface area contributed by atoms with Gasteiger partial charge in [0.15, 0.2) is 0 Å². The topological polar surface area (TPSA) is 62.8 Å². The zero-order valence-corrected chi connectivity index (χ0v) is 16.1. The van der Waals surface area contributed by atoms with Gasteiger partial charge in [-0.3, -0.25) is 9.69 Å². The molecule has 2 N–H and O–H groups in total. The van der Waals surface area contributed by atoms with Crippen LogP contribution in [0.25, 0.3) is 0 Å². The smallest absolute Gasteiger partial charge is 0.405 e. The van der Waals surface area contributed by atoms with Crippen LogP contribution in [0.2, 0.25) is 0 Å². The molecule has 27 heavy (non-hydrogen) atoms. The lowest BCUT2D eigenvalue weighted by Crippen LogP contribution is -2.57. The van der Waals surface area contributed by atoms with Crippen molar-refractivity contribution in [2.45, 2.75) is 18.6 Å². The molecule has 1 amide bonds. The average molecular weight is 412 g/mol. The quantitative estimate of drug-likeness (QED) is 0.714. The molecular formula is C17H25ClF3N3O3. The predicted molar refractivity (Wildman–Crippen MR) is 97.8 cm³/mol. The van der Waals surface area contributed by atoms with Gasteiger partial charge in [0.25, 0.3) is 0 Å². The van der Waals surface area contributed by atoms with Crippen molar-refractivity contribution in [1.82, 2.24) is 15.5 Å². The number of halogens is 4. The first kappa shape index (κ1) is 23.3. The summed E-state index contributed by atoms with van der Waals surface area (Å²) in [6.07, 6.45) is -4.54. The lowest BCUT2D eigenvalue weighted by atomic mass is 10.1. The third-order valence-electron chi connectivity index (χ3n) is 4.33. The van der Waals surface area contributed by atoms with Gasteiger partial charge in [0, 0.05) is 38.3 Å². The molecule has 0 saturated carbocycles. The number of hydrogen-bond acceptors (Lipinski definition) is 5. The van der Waals surface area contributed by atoms with Crippen molar-refractivity contribution in [3.63, 3.8) is 0 Å². The fraction of sp³-hybridized carbons (Fsp3) is 0.588. The first-order valence-electron chi connectivity index (χ1n) is 8.35. The zero-order chi connectivity index (χ0) is 19.2. The number of carbonyl (C=O) groups is 1. The molecule has 1 fully saturated rings. The van der Waals surface area contributed by atoms with Gasteiger partial charge < -0.3 is 20.1 Å². The third-order valence-corrected chi connectivity index (χ3v) is 4.33. The van der Waals surface area contributed by atoms with Crippen LogP contribution < -0.4 is 20.1 Å². The Hall–Kier alpha value is -1.71. The number of piperazine rings is 1. The van der Waals surface area contributed by atoms with Gasteiger partial charge in [-0.05, 0) is 12.1 Å². The second-order valence-electron chi connectivity index (χ2n) is 5.97. The Morgan fingerprint density at radius 3 is 2.26 bits per heavy atom. The molecule has 154 valence electrons. The molecule has 10 heteroatoms. The number of carbonyl (C=O) groups excluding carboxylic acids is 1. The minimum absolute atomic E-state index is 0. The number of rotatable bonds is 7. The largest absolute Gasteiger partial charge is 0.496 e. The van der Waals surface area contributed by atoms with E-state index in [9.17, 15) is 18.0 Å². The van der Waals surface area contributed by atoms with Gasteiger partial charge in [-0.1, -0.05) is 6.07 Å². The Bertz CT molecular complexity index is 589. The van der Waals surface area contributed by atoms with E-state index < -0.39 is 24.7 Å². The summed E-state index contributed by atoms with van der Waals surface area (Å²) in [6, 6.07) is 3.35. The number of amides is 1. The van der Waals surface area contributed by atoms with Crippen molar-refractivity contribution >= 4 is 18.3 Å². The van der Waals surface area contributed by atoms with Gasteiger partial charge in [-0.2, -0.15) is 13.2 Å². The van der Waals surface area contributed by atoms with Gasteiger partial charge in [0.05, 0.1) is 20.6 Å². The van der Waals surface area contributed by atoms with Gasteiger partial charge in [-0.15, -0.1) is 12.4 Å². The molecule has 1 aliphatic heterocycles. The van der Waals surface area contributed by atoms with E-state index >= 15 is 0 Å². The highest BCUT2D eigenvalue weighted by atomic mass is 35.5. The van der Waals surface area contributed by atoms with Crippen LogP contribution in [0.3, 0.4) is 0 Å². The molecular weight excluding hydrogens is 387 g/mol. The second kappa shape index (κ2) is 10.6. The van der Waals surface area contributed by atoms with Gasteiger partial charge in [0.2, 0.25) is 5.91 Å². The summed E-state index contributed by atoms with van der Waals surface area (Å²) in [7, 11) is 2.92. The third kappa shape index (κ3) is 6.44. The Balaban J connectivity index is 0.00000364. The SMILES string of the molecule is COc1cccc(OC)c1CC(=O)NCC(N1CCNCC1)C(F)(F)F.Cl. The fourth-order valence-corrected chi connectivity index (χ4v) is 2.98. The molecule has 6 nitrogen and oxygen atoms in total. The molecule has 2 rings (SSSR count). The molecule has 0 radical (unpaired) electrons. The Morgan fingerprint density at radius 2 is 1.78 bits per heavy atom. The first-order valence-corrected chi connectivity index (χ1v) is 8.35. The van der Waals surface area contributed by atoms with Crippen molar-refractivity contribution in [3.05, 3.63) is 23.8 Å². The zero-order valence-electron chi connectivity index (χ0n) is 15.3. The van der Waals surface area contributed by atoms with E-state index in [1.165, 1.54) is 19.1 Å². The molecule has 0 aliphatic carbocycles. The van der Waals surface area contributed by atoms with Crippen LogP contribution >= 0.6 is 12.4 Å². The summed E-state index contributed by atoms with van der Waals surface area (Å²) < 4.78 is 50.5. The number of alkyl halides is 3. The normalized spacial score (nSPS) is 16.2. The number of benzene rings is 1. The molecule has 0 bridgehead atoms. The van der Waals surface area contributed by atoms with Gasteiger partial charge in [-0.25, -0.2) is 0 Å². The monoisotopic (exact) mass is 411 g/mol. The van der Waals surface area contributed by atoms with Crippen LogP contribution in [0.1, 0.15) is 5.56 Å². The van der Waals surface area contributed by atoms with E-state index in [2.05, 4.69) is 10.6 Å². The van der Waals surface area contributed by atoms with Crippen molar-refractivity contribution in [2.75, 3.05) is 46.9 Å². The molecule has 0 aromatic heterocycles. The minimum atomic E-state index is -4.41. The van der Waals surface area contributed by atoms with Crippen LogP contribution in [-0.2, 0) is 11.2 Å². The fourth-order valence-electron chi connectivity index (χ4n) is 2.98. The standard InChI is InChI=1S/C17H24F3N3O3.ClH/c1-25-13-4-3-5-14(26-2)12(13)10-16(24)22-11-15(17(18,19)20)23-8-6-21-7-9-23;/h3-5,15,21H,6-11H2,1-2H3,(H,22,24);1H. The van der Waals surface area contributed by atoms with Crippen LogP contribution in [-0.4, -0.2) is 70.0 Å². The van der Waals surface area contributed by atoms with Crippen molar-refractivity contribution in [3.8, 4) is 11.5 Å². The summed E-state index contributed by atoms with van der Waals surface area (Å²) in [4.78, 5) is 13.6. The van der Waals surface area contributed by atoms with Crippen molar-refractivity contribution < 1.29 is 27.4 Å². The maximum atomic E-state index is 13.4. The summed E-state index contributed by atoms with van der Waals surface area (Å²) in [5, 5.41) is 5.43. The molecule has 1 unspecified atom stereocenters. The number of methoxy groups -OCH3 is 2. The maximum absolute atomic E-state index is 13.4. The van der Waals surface area contributed by atoms with E-state index in [0.29, 0.717) is 43.2 Å². The average Bonchev–Trinajstić information content (AvgIpc) is 2.61. The molecule has 1 heterocycles. The molecule has 1 aromatic carbocycles. The highest BCUT2D eigenvalue weighted by Crippen LogP contribution is 2.29. The van der Waals surface area contributed by atoms with Crippen molar-refractivity contribution in [2.24, 2.45) is 0 Å². The van der Waals surface area contributed by atoms with Crippen LogP contribution in [0.4, 0.5) is 13.2 Å². The van der Waals surface area contributed by atoms with E-state index in [-0.39, 0.29) is 18.8 Å². The van der Waals surface area contributed by atoms with Crippen molar-refractivity contribution in [1.29, 1.82) is 0 Å². The number of nitrogens with zero attached hydrogens (tertiary/aromatic N) is 1. The van der Waals surface area contributed by atoms with E-state index in [0.717, 1.165) is 0 Å². The molecule has 1 atom stereocenters. The van der Waals surface area contributed by atoms with E-state index in [1.807, 2.05) is 0 Å². The Morgan fingerprint density at radius 1 is 1.22 bits per heavy atom. The number of ether oxygens (including phenoxy) is 2. The highest BCUT2D eigenvalue weighted by molar-refractivity contribution is 5.85. The number of nitrogens with one attached hydrogen (secondary N) is 2. The van der Waals surface area contributed by atoms with Crippen LogP contribution in [0.15, 0.2) is 18.2 Å². The van der Waals surface area contributed by atoms with Crippen LogP contribution in [0, 0.1) is 0 Å². The maximum Gasteiger partial charge on any atom is 0.405 e. The molecule has 1 saturated heterocycles. The van der Waals surface area contributed by atoms with Gasteiger partial charge in [0.1, 0.15) is 17.5 Å². The predicted octanol–water partition coefficient (Wildman–Crippen LogP) is 1.62. The lowest BCUT2D eigenvalue weighted by molar-refractivity contribution is -0.184. The van der Waals surface area contributed by atoms with Crippen LogP contribution in [0.5, 0.6) is 11.5 Å². The first-order chi connectivity index (χ1) is 12.4. The lowest BCUT2D eigenvalue weighted by Gasteiger charge is -2.35. The number of hydrogen-bond donors (Lipinski definition) is 2. The van der Waals surface area contributed by atoms with E-state index in [1.54, 1.807) is 18.2 Å². The Labute approximate surface area is 162 Å². The summed E-state index contributed by atoms with van der Waals surface area (Å²) >= 11 is 0. The summed E-state index contributed by atoms with van der Waals surface area (Å²) in [6.45, 7) is 1.10. The van der Waals surface area contributed by atoms with Gasteiger partial charge >= 0.3 is 6.18 Å². The summed E-state index contributed by atoms with van der Waals surface area (Å²) in [5.41, 5.74) is 0.501.